The number of amides is 3. The Hall–Kier alpha value is -2.80. The highest BCUT2D eigenvalue weighted by atomic mass is 35.5. The highest BCUT2D eigenvalue weighted by molar-refractivity contribution is 6.30. The molecule has 1 aromatic rings. The van der Waals surface area contributed by atoms with E-state index in [1.807, 2.05) is 5.32 Å². The molecular weight excluding hydrogens is 493 g/mol. The van der Waals surface area contributed by atoms with Crippen molar-refractivity contribution in [3.05, 3.63) is 34.9 Å². The molecule has 3 atom stereocenters. The van der Waals surface area contributed by atoms with Crippen molar-refractivity contribution in [3.8, 4) is 0 Å². The molecule has 0 saturated carbocycles. The normalized spacial score (nSPS) is 18.2. The molecule has 0 spiro atoms. The molecule has 0 aromatic heterocycles. The first kappa shape index (κ1) is 27.4. The quantitative estimate of drug-likeness (QED) is 0.456. The number of Topliss-reactive ketones (excluding diaryl/α,β-unsaturated/α-hetero) is 1. The predicted octanol–water partition coefficient (Wildman–Crippen LogP) is 1.54. The van der Waals surface area contributed by atoms with Gasteiger partial charge in [0.05, 0.1) is 12.6 Å². The number of carbonyl (C=O) groups excluding carboxylic acids is 4. The maximum Gasteiger partial charge on any atom is 0.452 e. The minimum absolute atomic E-state index is 0.00920. The van der Waals surface area contributed by atoms with Crippen LogP contribution in [0.25, 0.3) is 0 Å². The predicted molar refractivity (Wildman–Crippen MR) is 108 cm³/mol. The molecule has 3 N–H and O–H groups in total. The van der Waals surface area contributed by atoms with Gasteiger partial charge in [-0.15, -0.1) is 0 Å². The fourth-order valence-electron chi connectivity index (χ4n) is 3.37. The van der Waals surface area contributed by atoms with Crippen molar-refractivity contribution in [2.24, 2.45) is 0 Å². The summed E-state index contributed by atoms with van der Waals surface area (Å²) < 4.78 is 66.7. The molecule has 1 saturated heterocycles. The molecule has 3 amide bonds. The molecule has 0 radical (unpaired) electrons. The van der Waals surface area contributed by atoms with Crippen molar-refractivity contribution in [2.45, 2.75) is 50.0 Å². The van der Waals surface area contributed by atoms with Crippen molar-refractivity contribution in [3.63, 3.8) is 0 Å². The van der Waals surface area contributed by atoms with E-state index in [4.69, 9.17) is 11.6 Å². The van der Waals surface area contributed by atoms with E-state index in [9.17, 15) is 46.2 Å². The van der Waals surface area contributed by atoms with Crippen molar-refractivity contribution < 1.29 is 46.2 Å². The molecule has 1 fully saturated rings. The molecule has 188 valence electrons. The number of rotatable bonds is 8. The Morgan fingerprint density at radius 3 is 2.38 bits per heavy atom. The standard InChI is InChI=1S/C20H21ClF5N3O5/c1-10(15(31)20(24,25)26)27-16(32)14-6-3-7-29(14)17(33)13(9-30)28-18(34)19(22,23)11-4-2-5-12(21)8-11/h2,4-5,8,10,13-14,30H,3,6-7,9H2,1H3,(H,27,32)(H,28,34)/t10-,13-,14?/m0/s1. The molecule has 0 bridgehead atoms. The largest absolute Gasteiger partial charge is 0.452 e. The average Bonchev–Trinajstić information content (AvgIpc) is 3.25. The van der Waals surface area contributed by atoms with Crippen molar-refractivity contribution in [1.29, 1.82) is 0 Å². The van der Waals surface area contributed by atoms with E-state index >= 15 is 0 Å². The second kappa shape index (κ2) is 10.6. The number of nitrogens with one attached hydrogen (secondary N) is 2. The van der Waals surface area contributed by atoms with E-state index in [2.05, 4.69) is 0 Å². The molecule has 1 unspecified atom stereocenters. The minimum atomic E-state index is -5.18. The van der Waals surface area contributed by atoms with Crippen LogP contribution in [0, 0.1) is 0 Å². The number of hydrogen-bond acceptors (Lipinski definition) is 5. The number of alkyl halides is 5. The van der Waals surface area contributed by atoms with Gasteiger partial charge in [-0.2, -0.15) is 22.0 Å². The third kappa shape index (κ3) is 6.20. The molecule has 1 aliphatic heterocycles. The first-order chi connectivity index (χ1) is 15.7. The van der Waals surface area contributed by atoms with Gasteiger partial charge in [-0.1, -0.05) is 23.7 Å². The van der Waals surface area contributed by atoms with Crippen LogP contribution in [0.3, 0.4) is 0 Å². The SMILES string of the molecule is C[C@H](NC(=O)C1CCCN1C(=O)[C@H](CO)NC(=O)C(F)(F)c1cccc(Cl)c1)C(=O)C(F)(F)F. The number of nitrogens with zero attached hydrogens (tertiary/aromatic N) is 1. The van der Waals surface area contributed by atoms with E-state index in [1.54, 1.807) is 5.32 Å². The van der Waals surface area contributed by atoms with Crippen LogP contribution in [0.2, 0.25) is 5.02 Å². The maximum absolute atomic E-state index is 14.5. The Labute approximate surface area is 195 Å². The summed E-state index contributed by atoms with van der Waals surface area (Å²) in [6, 6.07) is -0.829. The van der Waals surface area contributed by atoms with Crippen LogP contribution in [0.15, 0.2) is 24.3 Å². The Kier molecular flexibility index (Phi) is 8.59. The van der Waals surface area contributed by atoms with E-state index in [0.717, 1.165) is 24.0 Å². The summed E-state index contributed by atoms with van der Waals surface area (Å²) in [5.74, 6) is -10.4. The fraction of sp³-hybridized carbons (Fsp3) is 0.500. The highest BCUT2D eigenvalue weighted by Gasteiger charge is 2.46. The minimum Gasteiger partial charge on any atom is -0.394 e. The van der Waals surface area contributed by atoms with Gasteiger partial charge in [0.25, 0.3) is 11.7 Å². The molecule has 1 heterocycles. The van der Waals surface area contributed by atoms with Gasteiger partial charge < -0.3 is 20.6 Å². The zero-order valence-corrected chi connectivity index (χ0v) is 18.4. The van der Waals surface area contributed by atoms with Crippen LogP contribution in [0.5, 0.6) is 0 Å². The summed E-state index contributed by atoms with van der Waals surface area (Å²) in [6.07, 6.45) is -4.94. The number of ketones is 1. The second-order valence-electron chi connectivity index (χ2n) is 7.58. The van der Waals surface area contributed by atoms with Gasteiger partial charge in [0, 0.05) is 17.1 Å². The number of carbonyl (C=O) groups is 4. The third-order valence-electron chi connectivity index (χ3n) is 5.13. The Bertz CT molecular complexity index is 959. The molecule has 1 aliphatic rings. The lowest BCUT2D eigenvalue weighted by atomic mass is 10.1. The zero-order chi connectivity index (χ0) is 25.8. The van der Waals surface area contributed by atoms with Gasteiger partial charge in [0.1, 0.15) is 12.1 Å². The number of halogens is 6. The van der Waals surface area contributed by atoms with Crippen LogP contribution in [0.1, 0.15) is 25.3 Å². The Morgan fingerprint density at radius 2 is 1.82 bits per heavy atom. The van der Waals surface area contributed by atoms with E-state index in [0.29, 0.717) is 0 Å². The van der Waals surface area contributed by atoms with Crippen molar-refractivity contribution in [1.82, 2.24) is 15.5 Å². The number of likely N-dealkylation sites (tertiary alicyclic amines) is 1. The lowest BCUT2D eigenvalue weighted by Crippen LogP contribution is -2.57. The fourth-order valence-corrected chi connectivity index (χ4v) is 3.56. The van der Waals surface area contributed by atoms with E-state index < -0.39 is 65.9 Å². The van der Waals surface area contributed by atoms with Gasteiger partial charge in [-0.05, 0) is 31.9 Å². The number of benzene rings is 1. The molecule has 14 heteroatoms. The highest BCUT2D eigenvalue weighted by Crippen LogP contribution is 2.30. The first-order valence-corrected chi connectivity index (χ1v) is 10.4. The van der Waals surface area contributed by atoms with Gasteiger partial charge in [0.2, 0.25) is 11.8 Å². The monoisotopic (exact) mass is 513 g/mol. The number of aliphatic hydroxyl groups excluding tert-OH is 1. The Morgan fingerprint density at radius 1 is 1.18 bits per heavy atom. The summed E-state index contributed by atoms with van der Waals surface area (Å²) in [7, 11) is 0. The number of hydrogen-bond donors (Lipinski definition) is 3. The van der Waals surface area contributed by atoms with Crippen LogP contribution in [-0.4, -0.2) is 71.0 Å². The van der Waals surface area contributed by atoms with Crippen molar-refractivity contribution >= 4 is 35.1 Å². The smallest absolute Gasteiger partial charge is 0.394 e. The van der Waals surface area contributed by atoms with E-state index in [-0.39, 0.29) is 24.4 Å². The topological polar surface area (TPSA) is 116 Å². The third-order valence-corrected chi connectivity index (χ3v) is 5.36. The van der Waals surface area contributed by atoms with Crippen LogP contribution < -0.4 is 10.6 Å². The number of aliphatic hydroxyl groups is 1. The second-order valence-corrected chi connectivity index (χ2v) is 8.01. The average molecular weight is 514 g/mol. The van der Waals surface area contributed by atoms with Crippen LogP contribution in [-0.2, 0) is 25.1 Å². The maximum atomic E-state index is 14.5. The van der Waals surface area contributed by atoms with Crippen LogP contribution >= 0.6 is 11.6 Å². The summed E-state index contributed by atoms with van der Waals surface area (Å²) >= 11 is 5.66. The lowest BCUT2D eigenvalue weighted by Gasteiger charge is -2.29. The summed E-state index contributed by atoms with van der Waals surface area (Å²) in [5.41, 5.74) is -0.761. The van der Waals surface area contributed by atoms with E-state index in [1.165, 1.54) is 12.1 Å². The molecule has 8 nitrogen and oxygen atoms in total. The summed E-state index contributed by atoms with van der Waals surface area (Å²) in [6.45, 7) is -0.358. The molecular formula is C20H21ClF5N3O5. The van der Waals surface area contributed by atoms with Gasteiger partial charge in [0.15, 0.2) is 0 Å². The Balaban J connectivity index is 2.11. The van der Waals surface area contributed by atoms with Crippen molar-refractivity contribution in [2.75, 3.05) is 13.2 Å². The lowest BCUT2D eigenvalue weighted by molar-refractivity contribution is -0.173. The summed E-state index contributed by atoms with van der Waals surface area (Å²) in [5, 5.41) is 13.1. The molecule has 0 aliphatic carbocycles. The molecule has 34 heavy (non-hydrogen) atoms. The first-order valence-electron chi connectivity index (χ1n) is 9.97. The van der Waals surface area contributed by atoms with Crippen LogP contribution in [0.4, 0.5) is 22.0 Å². The van der Waals surface area contributed by atoms with Gasteiger partial charge >= 0.3 is 12.1 Å². The van der Waals surface area contributed by atoms with Gasteiger partial charge in [-0.25, -0.2) is 0 Å². The summed E-state index contributed by atoms with van der Waals surface area (Å²) in [4.78, 5) is 49.5. The zero-order valence-electron chi connectivity index (χ0n) is 17.7. The molecule has 1 aromatic carbocycles. The molecule has 2 rings (SSSR count). The van der Waals surface area contributed by atoms with Gasteiger partial charge in [-0.3, -0.25) is 19.2 Å².